The van der Waals surface area contributed by atoms with Gasteiger partial charge in [0, 0.05) is 18.2 Å². The van der Waals surface area contributed by atoms with Crippen LogP contribution in [0.25, 0.3) is 11.5 Å². The van der Waals surface area contributed by atoms with Crippen LogP contribution >= 0.6 is 11.8 Å². The number of hydrogen-bond donors (Lipinski definition) is 0. The molecule has 150 valence electrons. The summed E-state index contributed by atoms with van der Waals surface area (Å²) >= 11 is 1.29. The Morgan fingerprint density at radius 3 is 2.62 bits per heavy atom. The van der Waals surface area contributed by atoms with Crippen molar-refractivity contribution in [2.24, 2.45) is 0 Å². The van der Waals surface area contributed by atoms with Crippen LogP contribution in [0.15, 0.2) is 58.2 Å². The quantitative estimate of drug-likeness (QED) is 0.516. The molecule has 4 rings (SSSR count). The molecule has 1 heterocycles. The maximum absolute atomic E-state index is 12.8. The molecule has 1 aliphatic rings. The number of carbonyl (C=O) groups is 1. The van der Waals surface area contributed by atoms with Crippen molar-refractivity contribution in [1.29, 1.82) is 0 Å². The molecule has 0 aliphatic heterocycles. The lowest BCUT2D eigenvalue weighted by atomic mass is 10.1. The Labute approximate surface area is 174 Å². The van der Waals surface area contributed by atoms with Gasteiger partial charge in [0.15, 0.2) is 0 Å². The Morgan fingerprint density at radius 1 is 1.17 bits per heavy atom. The minimum atomic E-state index is 0.0870. The van der Waals surface area contributed by atoms with Gasteiger partial charge in [-0.1, -0.05) is 42.1 Å². The molecular formula is C22H23N3O3S. The van der Waals surface area contributed by atoms with Crippen LogP contribution in [0.4, 0.5) is 0 Å². The summed E-state index contributed by atoms with van der Waals surface area (Å²) in [5.74, 6) is 1.66. The van der Waals surface area contributed by atoms with E-state index in [-0.39, 0.29) is 11.7 Å². The van der Waals surface area contributed by atoms with Gasteiger partial charge in [-0.15, -0.1) is 10.2 Å². The van der Waals surface area contributed by atoms with Crippen LogP contribution in [0, 0.1) is 6.92 Å². The molecule has 0 spiro atoms. The molecule has 0 radical (unpaired) electrons. The largest absolute Gasteiger partial charge is 0.497 e. The van der Waals surface area contributed by atoms with Gasteiger partial charge in [0.1, 0.15) is 5.75 Å². The molecule has 7 heteroatoms. The number of hydrogen-bond acceptors (Lipinski definition) is 6. The highest BCUT2D eigenvalue weighted by Gasteiger charge is 2.32. The summed E-state index contributed by atoms with van der Waals surface area (Å²) < 4.78 is 11.0. The van der Waals surface area contributed by atoms with Gasteiger partial charge in [0.25, 0.3) is 5.22 Å². The predicted octanol–water partition coefficient (Wildman–Crippen LogP) is 4.34. The molecule has 0 bridgehead atoms. The Balaban J connectivity index is 1.38. The average molecular weight is 410 g/mol. The number of rotatable bonds is 8. The Kier molecular flexibility index (Phi) is 5.85. The van der Waals surface area contributed by atoms with E-state index in [1.165, 1.54) is 11.8 Å². The molecule has 6 nitrogen and oxygen atoms in total. The highest BCUT2D eigenvalue weighted by molar-refractivity contribution is 7.99. The lowest BCUT2D eigenvalue weighted by molar-refractivity contribution is -0.129. The van der Waals surface area contributed by atoms with E-state index in [1.54, 1.807) is 7.11 Å². The summed E-state index contributed by atoms with van der Waals surface area (Å²) in [4.78, 5) is 14.8. The fourth-order valence-corrected chi connectivity index (χ4v) is 3.78. The number of nitrogens with zero attached hydrogens (tertiary/aromatic N) is 3. The van der Waals surface area contributed by atoms with Gasteiger partial charge in [-0.25, -0.2) is 0 Å². The first kappa shape index (κ1) is 19.5. The van der Waals surface area contributed by atoms with Gasteiger partial charge in [0.05, 0.1) is 12.9 Å². The van der Waals surface area contributed by atoms with Gasteiger partial charge >= 0.3 is 0 Å². The van der Waals surface area contributed by atoms with E-state index in [4.69, 9.17) is 9.15 Å². The number of aryl methyl sites for hydroxylation is 1. The molecule has 1 aromatic heterocycles. The molecule has 1 aliphatic carbocycles. The van der Waals surface area contributed by atoms with Crippen molar-refractivity contribution >= 4 is 17.7 Å². The maximum atomic E-state index is 12.8. The standard InChI is InChI=1S/C22H23N3O3S/c1-15-5-3-4-6-19(15)21-23-24-22(28-21)29-14-20(26)25(17-9-10-17)13-16-7-11-18(27-2)12-8-16/h3-8,11-12,17H,9-10,13-14H2,1-2H3. The maximum Gasteiger partial charge on any atom is 0.277 e. The van der Waals surface area contributed by atoms with Crippen molar-refractivity contribution in [2.45, 2.75) is 37.6 Å². The van der Waals surface area contributed by atoms with Gasteiger partial charge in [0.2, 0.25) is 11.8 Å². The topological polar surface area (TPSA) is 68.5 Å². The lowest BCUT2D eigenvalue weighted by Crippen LogP contribution is -2.33. The molecule has 0 N–H and O–H groups in total. The summed E-state index contributed by atoms with van der Waals surface area (Å²) in [6, 6.07) is 16.0. The zero-order valence-corrected chi connectivity index (χ0v) is 17.3. The molecule has 3 aromatic rings. The van der Waals surface area contributed by atoms with E-state index >= 15 is 0 Å². The average Bonchev–Trinajstić information content (AvgIpc) is 3.48. The summed E-state index contributed by atoms with van der Waals surface area (Å²) in [6.07, 6.45) is 2.12. The molecule has 0 atom stereocenters. The Bertz CT molecular complexity index is 983. The molecule has 0 saturated heterocycles. The Morgan fingerprint density at radius 2 is 1.93 bits per heavy atom. The monoisotopic (exact) mass is 409 g/mol. The van der Waals surface area contributed by atoms with Crippen LogP contribution in [0.3, 0.4) is 0 Å². The summed E-state index contributed by atoms with van der Waals surface area (Å²) in [6.45, 7) is 2.61. The second kappa shape index (κ2) is 8.69. The molecule has 2 aromatic carbocycles. The minimum absolute atomic E-state index is 0.0870. The highest BCUT2D eigenvalue weighted by Crippen LogP contribution is 2.31. The Hall–Kier alpha value is -2.80. The van der Waals surface area contributed by atoms with Crippen molar-refractivity contribution in [2.75, 3.05) is 12.9 Å². The number of methoxy groups -OCH3 is 1. The number of aromatic nitrogens is 2. The van der Waals surface area contributed by atoms with Crippen LogP contribution in [0.5, 0.6) is 5.75 Å². The fourth-order valence-electron chi connectivity index (χ4n) is 3.13. The molecule has 1 saturated carbocycles. The van der Waals surface area contributed by atoms with Gasteiger partial charge in [-0.05, 0) is 49.1 Å². The van der Waals surface area contributed by atoms with Gasteiger partial charge < -0.3 is 14.1 Å². The van der Waals surface area contributed by atoms with Crippen molar-refractivity contribution in [3.05, 3.63) is 59.7 Å². The first-order valence-corrected chi connectivity index (χ1v) is 10.6. The van der Waals surface area contributed by atoms with Crippen LogP contribution < -0.4 is 4.74 Å². The van der Waals surface area contributed by atoms with E-state index in [9.17, 15) is 4.79 Å². The SMILES string of the molecule is COc1ccc(CN(C(=O)CSc2nnc(-c3ccccc3C)o2)C2CC2)cc1. The number of benzene rings is 2. The van der Waals surface area contributed by atoms with Crippen LogP contribution in [0.1, 0.15) is 24.0 Å². The molecular weight excluding hydrogens is 386 g/mol. The summed E-state index contributed by atoms with van der Waals surface area (Å²) in [5.41, 5.74) is 3.08. The van der Waals surface area contributed by atoms with E-state index in [1.807, 2.05) is 60.4 Å². The zero-order chi connectivity index (χ0) is 20.2. The zero-order valence-electron chi connectivity index (χ0n) is 16.5. The van der Waals surface area contributed by atoms with Crippen molar-refractivity contribution in [3.63, 3.8) is 0 Å². The first-order chi connectivity index (χ1) is 14.1. The van der Waals surface area contributed by atoms with Crippen molar-refractivity contribution in [3.8, 4) is 17.2 Å². The van der Waals surface area contributed by atoms with E-state index in [0.717, 1.165) is 35.3 Å². The number of amides is 1. The highest BCUT2D eigenvalue weighted by atomic mass is 32.2. The smallest absolute Gasteiger partial charge is 0.277 e. The first-order valence-electron chi connectivity index (χ1n) is 9.59. The van der Waals surface area contributed by atoms with E-state index < -0.39 is 0 Å². The lowest BCUT2D eigenvalue weighted by Gasteiger charge is -2.22. The fraction of sp³-hybridized carbons (Fsp3) is 0.318. The summed E-state index contributed by atoms with van der Waals surface area (Å²) in [5, 5.41) is 8.63. The molecule has 1 amide bonds. The third-order valence-corrected chi connectivity index (χ3v) is 5.72. The third kappa shape index (κ3) is 4.79. The van der Waals surface area contributed by atoms with E-state index in [2.05, 4.69) is 10.2 Å². The van der Waals surface area contributed by atoms with Gasteiger partial charge in [-0.2, -0.15) is 0 Å². The summed E-state index contributed by atoms with van der Waals surface area (Å²) in [7, 11) is 1.65. The second-order valence-corrected chi connectivity index (χ2v) is 8.00. The van der Waals surface area contributed by atoms with E-state index in [0.29, 0.717) is 23.7 Å². The van der Waals surface area contributed by atoms with Gasteiger partial charge in [-0.3, -0.25) is 4.79 Å². The van der Waals surface area contributed by atoms with Crippen molar-refractivity contribution < 1.29 is 13.9 Å². The molecule has 1 fully saturated rings. The van der Waals surface area contributed by atoms with Crippen LogP contribution in [0.2, 0.25) is 0 Å². The molecule has 29 heavy (non-hydrogen) atoms. The van der Waals surface area contributed by atoms with Crippen LogP contribution in [-0.4, -0.2) is 39.9 Å². The molecule has 0 unspecified atom stereocenters. The number of thioether (sulfide) groups is 1. The second-order valence-electron chi connectivity index (χ2n) is 7.08. The van der Waals surface area contributed by atoms with Crippen LogP contribution in [-0.2, 0) is 11.3 Å². The predicted molar refractivity (Wildman–Crippen MR) is 112 cm³/mol. The number of ether oxygens (including phenoxy) is 1. The normalized spacial score (nSPS) is 13.3. The minimum Gasteiger partial charge on any atom is -0.497 e. The third-order valence-electron chi connectivity index (χ3n) is 4.92. The number of carbonyl (C=O) groups excluding carboxylic acids is 1. The van der Waals surface area contributed by atoms with Crippen molar-refractivity contribution in [1.82, 2.24) is 15.1 Å².